The molecule has 2 aliphatic heterocycles. The fraction of sp³-hybridized carbons (Fsp3) is 0.423. The molecule has 2 aromatic rings. The maximum atomic E-state index is 13.6. The Morgan fingerprint density at radius 3 is 1.91 bits per heavy atom. The Kier molecular flexibility index (Phi) is 2.59. The molecule has 6 aliphatic carbocycles. The molecule has 1 atom stereocenters. The van der Waals surface area contributed by atoms with Crippen molar-refractivity contribution in [3.05, 3.63) is 59.7 Å². The van der Waals surface area contributed by atoms with Crippen LogP contribution >= 0.6 is 11.8 Å². The van der Waals surface area contributed by atoms with Gasteiger partial charge in [-0.15, -0.1) is 0 Å². The van der Waals surface area contributed by atoms with Crippen molar-refractivity contribution in [3.8, 4) is 0 Å². The number of carboxylic acid groups (broad SMARTS) is 1. The van der Waals surface area contributed by atoms with Gasteiger partial charge < -0.3 is 10.4 Å². The van der Waals surface area contributed by atoms with E-state index >= 15 is 0 Å². The maximum Gasteiger partial charge on any atom is 0.322 e. The van der Waals surface area contributed by atoms with Crippen LogP contribution in [0.15, 0.2) is 58.3 Å². The highest BCUT2D eigenvalue weighted by Crippen LogP contribution is 3.11. The summed E-state index contributed by atoms with van der Waals surface area (Å²) in [6.07, 6.45) is 0.523. The fourth-order valence-electron chi connectivity index (χ4n) is 10.5. The molecule has 33 heavy (non-hydrogen) atoms. The van der Waals surface area contributed by atoms with Crippen LogP contribution in [0.5, 0.6) is 0 Å². The molecular weight excluding hydrogens is 436 g/mol. The first kappa shape index (κ1) is 17.6. The van der Waals surface area contributed by atoms with Crippen molar-refractivity contribution in [1.29, 1.82) is 0 Å². The average Bonchev–Trinajstić information content (AvgIpc) is 3.11. The summed E-state index contributed by atoms with van der Waals surface area (Å²) in [5, 5.41) is 15.6. The number of imide groups is 1. The van der Waals surface area contributed by atoms with Gasteiger partial charge in [0.2, 0.25) is 0 Å². The third kappa shape index (κ3) is 1.36. The second-order valence-electron chi connectivity index (χ2n) is 11.1. The Bertz CT molecular complexity index is 1290. The number of amides is 3. The standard InChI is InChI=1S/C26H20N2O4S/c29-21-24(28-23(32)27-21,26-18-15-19(26)17-20(26)16(18)25(15,17)22(30)31)9-12-10-5-1-3-7-13(10)33-14-8-4-2-6-11(12)14/h1-8,12,15-20H,9H2,(H,30,31)(H2,27,28,29,32). The number of hydrogen-bond acceptors (Lipinski definition) is 4. The molecule has 3 amide bonds. The molecule has 1 saturated heterocycles. The van der Waals surface area contributed by atoms with E-state index in [0.29, 0.717) is 6.42 Å². The normalized spacial score (nSPS) is 47.9. The summed E-state index contributed by atoms with van der Waals surface area (Å²) in [4.78, 5) is 40.6. The van der Waals surface area contributed by atoms with E-state index < -0.39 is 23.0 Å². The number of carboxylic acids is 1. The fourth-order valence-corrected chi connectivity index (χ4v) is 11.6. The summed E-state index contributed by atoms with van der Waals surface area (Å²) in [6.45, 7) is 0. The molecule has 7 heteroatoms. The van der Waals surface area contributed by atoms with E-state index in [1.165, 1.54) is 20.9 Å². The highest BCUT2D eigenvalue weighted by molar-refractivity contribution is 7.99. The van der Waals surface area contributed by atoms with E-state index in [9.17, 15) is 19.5 Å². The number of urea groups is 1. The Morgan fingerprint density at radius 2 is 1.42 bits per heavy atom. The van der Waals surface area contributed by atoms with Gasteiger partial charge in [0.25, 0.3) is 5.91 Å². The average molecular weight is 457 g/mol. The zero-order valence-electron chi connectivity index (χ0n) is 17.4. The molecule has 6 nitrogen and oxygen atoms in total. The topological polar surface area (TPSA) is 95.5 Å². The van der Waals surface area contributed by atoms with Gasteiger partial charge in [-0.2, -0.15) is 0 Å². The number of aliphatic carboxylic acids is 1. The van der Waals surface area contributed by atoms with Crippen LogP contribution in [0.1, 0.15) is 23.5 Å². The molecule has 2 heterocycles. The molecule has 0 bridgehead atoms. The van der Waals surface area contributed by atoms with Gasteiger partial charge >= 0.3 is 12.0 Å². The van der Waals surface area contributed by atoms with E-state index in [2.05, 4.69) is 34.9 Å². The summed E-state index contributed by atoms with van der Waals surface area (Å²) >= 11 is 1.76. The molecule has 8 aliphatic rings. The molecule has 1 unspecified atom stereocenters. The molecule has 0 spiro atoms. The van der Waals surface area contributed by atoms with E-state index in [-0.39, 0.29) is 52.7 Å². The van der Waals surface area contributed by atoms with Gasteiger partial charge in [0.15, 0.2) is 0 Å². The summed E-state index contributed by atoms with van der Waals surface area (Å²) in [5.41, 5.74) is 0.685. The lowest BCUT2D eigenvalue weighted by Gasteiger charge is -3.11. The van der Waals surface area contributed by atoms with Gasteiger partial charge in [-0.1, -0.05) is 48.2 Å². The lowest BCUT2D eigenvalue weighted by Crippen LogP contribution is -3.14. The van der Waals surface area contributed by atoms with Crippen LogP contribution in [0, 0.1) is 46.3 Å². The lowest BCUT2D eigenvalue weighted by molar-refractivity contribution is -0.652. The van der Waals surface area contributed by atoms with Crippen LogP contribution in [-0.2, 0) is 9.59 Å². The van der Waals surface area contributed by atoms with Crippen LogP contribution in [0.4, 0.5) is 4.79 Å². The minimum absolute atomic E-state index is 0.00291. The van der Waals surface area contributed by atoms with Gasteiger partial charge in [0, 0.05) is 21.1 Å². The number of carbonyl (C=O) groups excluding carboxylic acids is 2. The van der Waals surface area contributed by atoms with Crippen LogP contribution in [-0.4, -0.2) is 28.6 Å². The maximum absolute atomic E-state index is 13.6. The number of carbonyl (C=O) groups is 3. The number of benzene rings is 2. The van der Waals surface area contributed by atoms with Crippen molar-refractivity contribution in [3.63, 3.8) is 0 Å². The summed E-state index contributed by atoms with van der Waals surface area (Å²) in [5.74, 6) is 0.567. The highest BCUT2D eigenvalue weighted by atomic mass is 32.2. The summed E-state index contributed by atoms with van der Waals surface area (Å²) in [7, 11) is 0. The smallest absolute Gasteiger partial charge is 0.322 e. The molecule has 7 fully saturated rings. The Hall–Kier alpha value is -2.80. The van der Waals surface area contributed by atoms with Gasteiger partial charge in [-0.3, -0.25) is 14.9 Å². The zero-order chi connectivity index (χ0) is 22.1. The molecule has 0 aromatic heterocycles. The van der Waals surface area contributed by atoms with Crippen molar-refractivity contribution < 1.29 is 19.5 Å². The molecule has 3 N–H and O–H groups in total. The van der Waals surface area contributed by atoms with Gasteiger partial charge in [0.05, 0.1) is 5.41 Å². The molecular formula is C26H20N2O4S. The quantitative estimate of drug-likeness (QED) is 0.615. The van der Waals surface area contributed by atoms with Crippen molar-refractivity contribution in [2.75, 3.05) is 0 Å². The molecule has 164 valence electrons. The van der Waals surface area contributed by atoms with E-state index in [4.69, 9.17) is 0 Å². The Balaban J connectivity index is 1.19. The number of hydrogen-bond donors (Lipinski definition) is 3. The van der Waals surface area contributed by atoms with Crippen molar-refractivity contribution in [2.45, 2.75) is 27.7 Å². The molecule has 10 rings (SSSR count). The minimum atomic E-state index is -0.967. The first-order valence-corrected chi connectivity index (χ1v) is 12.5. The van der Waals surface area contributed by atoms with E-state index in [0.717, 1.165) is 0 Å². The summed E-state index contributed by atoms with van der Waals surface area (Å²) < 4.78 is 0. The van der Waals surface area contributed by atoms with Crippen LogP contribution < -0.4 is 10.6 Å². The third-order valence-corrected chi connectivity index (χ3v) is 12.2. The van der Waals surface area contributed by atoms with E-state index in [1.54, 1.807) is 11.8 Å². The second-order valence-corrected chi connectivity index (χ2v) is 12.2. The van der Waals surface area contributed by atoms with Crippen molar-refractivity contribution in [1.82, 2.24) is 10.6 Å². The van der Waals surface area contributed by atoms with E-state index in [1.807, 2.05) is 24.3 Å². The second kappa shape index (κ2) is 4.85. The van der Waals surface area contributed by atoms with Crippen molar-refractivity contribution >= 4 is 29.7 Å². The van der Waals surface area contributed by atoms with Gasteiger partial charge in [-0.05, 0) is 65.2 Å². The predicted octanol–water partition coefficient (Wildman–Crippen LogP) is 3.07. The van der Waals surface area contributed by atoms with Crippen molar-refractivity contribution in [2.24, 2.45) is 46.3 Å². The van der Waals surface area contributed by atoms with Crippen LogP contribution in [0.3, 0.4) is 0 Å². The number of rotatable bonds is 4. The van der Waals surface area contributed by atoms with Gasteiger partial charge in [0.1, 0.15) is 5.54 Å². The zero-order valence-corrected chi connectivity index (χ0v) is 18.3. The Morgan fingerprint density at radius 1 is 0.879 bits per heavy atom. The SMILES string of the molecule is O=C1NC(=O)C(CC2c3ccccc3Sc3ccccc32)(C23C4C5C2C2C3C4C52C(=O)O)N1. The predicted molar refractivity (Wildman–Crippen MR) is 116 cm³/mol. The first-order chi connectivity index (χ1) is 16.0. The monoisotopic (exact) mass is 456 g/mol. The Labute approximate surface area is 193 Å². The minimum Gasteiger partial charge on any atom is -0.481 e. The molecule has 0 radical (unpaired) electrons. The van der Waals surface area contributed by atoms with Crippen LogP contribution in [0.25, 0.3) is 0 Å². The number of nitrogens with one attached hydrogen (secondary N) is 2. The molecule has 2 aromatic carbocycles. The molecule has 6 saturated carbocycles. The first-order valence-electron chi connectivity index (χ1n) is 11.7. The number of fused-ring (bicyclic) bond motifs is 2. The largest absolute Gasteiger partial charge is 0.481 e. The summed E-state index contributed by atoms with van der Waals surface area (Å²) in [6, 6.07) is 16.3. The highest BCUT2D eigenvalue weighted by Gasteiger charge is 3.14. The van der Waals surface area contributed by atoms with Crippen LogP contribution in [0.2, 0.25) is 0 Å². The lowest BCUT2D eigenvalue weighted by atomic mass is 8.90. The van der Waals surface area contributed by atoms with Gasteiger partial charge in [-0.25, -0.2) is 4.79 Å². The third-order valence-electron chi connectivity index (χ3n) is 11.0.